The summed E-state index contributed by atoms with van der Waals surface area (Å²) in [6.07, 6.45) is 6.85. The van der Waals surface area contributed by atoms with Crippen molar-refractivity contribution < 1.29 is 4.79 Å². The van der Waals surface area contributed by atoms with E-state index in [0.717, 1.165) is 25.9 Å². The van der Waals surface area contributed by atoms with Gasteiger partial charge in [-0.25, -0.2) is 0 Å². The molecule has 0 aromatic carbocycles. The summed E-state index contributed by atoms with van der Waals surface area (Å²) in [5.74, 6) is 0.829. The van der Waals surface area contributed by atoms with Crippen LogP contribution in [0.5, 0.6) is 0 Å². The van der Waals surface area contributed by atoms with Crippen LogP contribution in [0, 0.1) is 5.92 Å². The van der Waals surface area contributed by atoms with Crippen LogP contribution in [-0.2, 0) is 4.79 Å². The summed E-state index contributed by atoms with van der Waals surface area (Å²) >= 11 is 0. The topological polar surface area (TPSA) is 46.3 Å². The molecule has 1 saturated heterocycles. The third kappa shape index (κ3) is 3.78. The number of nitrogens with two attached hydrogens (primary N) is 1. The van der Waals surface area contributed by atoms with E-state index in [2.05, 4.69) is 13.8 Å². The zero-order chi connectivity index (χ0) is 12.0. The summed E-state index contributed by atoms with van der Waals surface area (Å²) < 4.78 is 0. The van der Waals surface area contributed by atoms with Gasteiger partial charge >= 0.3 is 0 Å². The third-order valence-electron chi connectivity index (χ3n) is 3.59. The summed E-state index contributed by atoms with van der Waals surface area (Å²) in [5, 5.41) is 0. The Kier molecular flexibility index (Phi) is 5.81. The predicted octanol–water partition coefficient (Wildman–Crippen LogP) is 2.15. The van der Waals surface area contributed by atoms with Crippen molar-refractivity contribution in [3.8, 4) is 0 Å². The molecule has 0 bridgehead atoms. The van der Waals surface area contributed by atoms with Crippen molar-refractivity contribution >= 4 is 5.91 Å². The highest BCUT2D eigenvalue weighted by Crippen LogP contribution is 2.18. The van der Waals surface area contributed by atoms with Crippen LogP contribution < -0.4 is 5.73 Å². The number of carbonyl (C=O) groups is 1. The molecule has 1 aliphatic rings. The normalized spacial score (nSPS) is 23.6. The van der Waals surface area contributed by atoms with E-state index in [1.54, 1.807) is 0 Å². The van der Waals surface area contributed by atoms with Gasteiger partial charge in [0.25, 0.3) is 0 Å². The van der Waals surface area contributed by atoms with Gasteiger partial charge in [-0.2, -0.15) is 0 Å². The van der Waals surface area contributed by atoms with E-state index in [1.165, 1.54) is 25.7 Å². The maximum Gasteiger partial charge on any atom is 0.239 e. The highest BCUT2D eigenvalue weighted by molar-refractivity contribution is 5.82. The van der Waals surface area contributed by atoms with Gasteiger partial charge in [-0.1, -0.05) is 33.1 Å². The molecule has 2 atom stereocenters. The van der Waals surface area contributed by atoms with Gasteiger partial charge < -0.3 is 10.6 Å². The molecule has 1 heterocycles. The van der Waals surface area contributed by atoms with Crippen LogP contribution in [0.2, 0.25) is 0 Å². The zero-order valence-electron chi connectivity index (χ0n) is 10.7. The van der Waals surface area contributed by atoms with Crippen LogP contribution >= 0.6 is 0 Å². The van der Waals surface area contributed by atoms with Crippen LogP contribution in [0.1, 0.15) is 52.4 Å². The molecule has 3 heteroatoms. The Bertz CT molecular complexity index is 218. The second-order valence-corrected chi connectivity index (χ2v) is 4.95. The van der Waals surface area contributed by atoms with Crippen LogP contribution in [0.15, 0.2) is 0 Å². The summed E-state index contributed by atoms with van der Waals surface area (Å²) in [6.45, 7) is 6.27. The van der Waals surface area contributed by atoms with Gasteiger partial charge in [0, 0.05) is 13.1 Å². The lowest BCUT2D eigenvalue weighted by Crippen LogP contribution is -2.49. The molecule has 1 aliphatic heterocycles. The number of likely N-dealkylation sites (tertiary alicyclic amines) is 1. The molecule has 1 rings (SSSR count). The van der Waals surface area contributed by atoms with Gasteiger partial charge in [0.2, 0.25) is 5.91 Å². The highest BCUT2D eigenvalue weighted by atomic mass is 16.2. The van der Waals surface area contributed by atoms with Gasteiger partial charge in [-0.05, 0) is 25.2 Å². The summed E-state index contributed by atoms with van der Waals surface area (Å²) in [7, 11) is 0. The Labute approximate surface area is 99.4 Å². The maximum atomic E-state index is 11.9. The molecule has 0 aliphatic carbocycles. The van der Waals surface area contributed by atoms with Crippen molar-refractivity contribution in [1.29, 1.82) is 0 Å². The quantitative estimate of drug-likeness (QED) is 0.754. The first-order valence-corrected chi connectivity index (χ1v) is 6.73. The minimum Gasteiger partial charge on any atom is -0.341 e. The Morgan fingerprint density at radius 2 is 2.25 bits per heavy atom. The summed E-state index contributed by atoms with van der Waals surface area (Å²) in [6, 6.07) is -0.238. The van der Waals surface area contributed by atoms with Crippen molar-refractivity contribution in [3.63, 3.8) is 0 Å². The van der Waals surface area contributed by atoms with E-state index in [-0.39, 0.29) is 11.9 Å². The van der Waals surface area contributed by atoms with E-state index in [4.69, 9.17) is 5.73 Å². The second-order valence-electron chi connectivity index (χ2n) is 4.95. The molecule has 94 valence electrons. The Morgan fingerprint density at radius 1 is 1.50 bits per heavy atom. The molecular formula is C13H26N2O. The fraction of sp³-hybridized carbons (Fsp3) is 0.923. The van der Waals surface area contributed by atoms with Crippen LogP contribution in [0.25, 0.3) is 0 Å². The van der Waals surface area contributed by atoms with Crippen molar-refractivity contribution in [2.75, 3.05) is 13.1 Å². The lowest BCUT2D eigenvalue weighted by Gasteiger charge is -2.33. The molecular weight excluding hydrogens is 200 g/mol. The average molecular weight is 226 g/mol. The Hall–Kier alpha value is -0.570. The standard InChI is InChI=1S/C13H26N2O/c1-3-5-7-11(4-2)10-15-9-6-8-12(14)13(15)16/h11-12H,3-10,14H2,1-2H3. The number of hydrogen-bond acceptors (Lipinski definition) is 2. The Balaban J connectivity index is 2.40. The molecule has 1 fully saturated rings. The molecule has 0 aromatic rings. The van der Waals surface area contributed by atoms with Gasteiger partial charge in [-0.15, -0.1) is 0 Å². The number of carbonyl (C=O) groups excluding carboxylic acids is 1. The molecule has 16 heavy (non-hydrogen) atoms. The maximum absolute atomic E-state index is 11.9. The van der Waals surface area contributed by atoms with E-state index in [1.807, 2.05) is 4.90 Å². The van der Waals surface area contributed by atoms with Crippen LogP contribution in [0.4, 0.5) is 0 Å². The SMILES string of the molecule is CCCCC(CC)CN1CCCC(N)C1=O. The number of rotatable bonds is 6. The van der Waals surface area contributed by atoms with Crippen LogP contribution in [-0.4, -0.2) is 29.9 Å². The molecule has 0 saturated carbocycles. The van der Waals surface area contributed by atoms with Gasteiger partial charge in [0.1, 0.15) is 0 Å². The first-order valence-electron chi connectivity index (χ1n) is 6.73. The molecule has 3 nitrogen and oxygen atoms in total. The van der Waals surface area contributed by atoms with Crippen molar-refractivity contribution in [1.82, 2.24) is 4.90 Å². The number of piperidine rings is 1. The molecule has 0 aromatic heterocycles. The predicted molar refractivity (Wildman–Crippen MR) is 67.1 cm³/mol. The van der Waals surface area contributed by atoms with Crippen molar-refractivity contribution in [2.24, 2.45) is 11.7 Å². The monoisotopic (exact) mass is 226 g/mol. The number of unbranched alkanes of at least 4 members (excludes halogenated alkanes) is 1. The van der Waals surface area contributed by atoms with Crippen LogP contribution in [0.3, 0.4) is 0 Å². The minimum atomic E-state index is -0.238. The molecule has 2 N–H and O–H groups in total. The van der Waals surface area contributed by atoms with Crippen molar-refractivity contribution in [2.45, 2.75) is 58.4 Å². The Morgan fingerprint density at radius 3 is 2.88 bits per heavy atom. The smallest absolute Gasteiger partial charge is 0.239 e. The fourth-order valence-electron chi connectivity index (χ4n) is 2.38. The zero-order valence-corrected chi connectivity index (χ0v) is 10.7. The van der Waals surface area contributed by atoms with E-state index < -0.39 is 0 Å². The van der Waals surface area contributed by atoms with Gasteiger partial charge in [-0.3, -0.25) is 4.79 Å². The van der Waals surface area contributed by atoms with E-state index >= 15 is 0 Å². The number of nitrogens with zero attached hydrogens (tertiary/aromatic N) is 1. The molecule has 0 radical (unpaired) electrons. The average Bonchev–Trinajstić information content (AvgIpc) is 2.30. The molecule has 0 spiro atoms. The number of amides is 1. The fourth-order valence-corrected chi connectivity index (χ4v) is 2.38. The van der Waals surface area contributed by atoms with E-state index in [9.17, 15) is 4.79 Å². The number of hydrogen-bond donors (Lipinski definition) is 1. The molecule has 1 amide bonds. The lowest BCUT2D eigenvalue weighted by molar-refractivity contribution is -0.135. The first kappa shape index (κ1) is 13.5. The molecule has 2 unspecified atom stereocenters. The first-order chi connectivity index (χ1) is 7.69. The van der Waals surface area contributed by atoms with E-state index in [0.29, 0.717) is 5.92 Å². The third-order valence-corrected chi connectivity index (χ3v) is 3.59. The minimum absolute atomic E-state index is 0.168. The van der Waals surface area contributed by atoms with Crippen molar-refractivity contribution in [3.05, 3.63) is 0 Å². The lowest BCUT2D eigenvalue weighted by atomic mass is 9.96. The second kappa shape index (κ2) is 6.89. The summed E-state index contributed by atoms with van der Waals surface area (Å²) in [5.41, 5.74) is 5.79. The summed E-state index contributed by atoms with van der Waals surface area (Å²) in [4.78, 5) is 13.8. The highest BCUT2D eigenvalue weighted by Gasteiger charge is 2.26. The van der Waals surface area contributed by atoms with Gasteiger partial charge in [0.05, 0.1) is 6.04 Å². The largest absolute Gasteiger partial charge is 0.341 e. The van der Waals surface area contributed by atoms with Gasteiger partial charge in [0.15, 0.2) is 0 Å².